The van der Waals surface area contributed by atoms with E-state index in [1.165, 1.54) is 11.8 Å². The molecule has 1 N–H and O–H groups in total. The van der Waals surface area contributed by atoms with E-state index in [4.69, 9.17) is 16.9 Å². The summed E-state index contributed by atoms with van der Waals surface area (Å²) in [6, 6.07) is 9.73. The normalized spacial score (nSPS) is 13.6. The summed E-state index contributed by atoms with van der Waals surface area (Å²) in [5.74, 6) is 1.04. The van der Waals surface area contributed by atoms with E-state index in [2.05, 4.69) is 11.4 Å². The lowest BCUT2D eigenvalue weighted by atomic mass is 9.90. The number of carbonyl (C=O) groups excluding carboxylic acids is 1. The van der Waals surface area contributed by atoms with E-state index in [0.717, 1.165) is 11.3 Å². The van der Waals surface area contributed by atoms with Crippen molar-refractivity contribution >= 4 is 29.3 Å². The van der Waals surface area contributed by atoms with E-state index in [0.29, 0.717) is 10.8 Å². The fourth-order valence-corrected chi connectivity index (χ4v) is 2.38. The van der Waals surface area contributed by atoms with Gasteiger partial charge in [-0.3, -0.25) is 4.79 Å². The third-order valence-electron chi connectivity index (χ3n) is 3.20. The van der Waals surface area contributed by atoms with E-state index in [1.54, 1.807) is 6.92 Å². The maximum atomic E-state index is 11.9. The highest BCUT2D eigenvalue weighted by Gasteiger charge is 2.29. The Hall–Kier alpha value is -1.18. The molecule has 1 aromatic rings. The Morgan fingerprint density at radius 3 is 2.55 bits per heavy atom. The van der Waals surface area contributed by atoms with Crippen molar-refractivity contribution in [1.29, 1.82) is 5.26 Å². The number of nitriles is 1. The van der Waals surface area contributed by atoms with Crippen LogP contribution in [0.5, 0.6) is 0 Å². The average molecular weight is 311 g/mol. The first-order chi connectivity index (χ1) is 9.37. The molecular weight excluding hydrogens is 292 g/mol. The highest BCUT2D eigenvalue weighted by molar-refractivity contribution is 7.99. The summed E-state index contributed by atoms with van der Waals surface area (Å²) in [4.78, 5) is 11.9. The number of rotatable bonds is 6. The number of thioether (sulfide) groups is 1. The van der Waals surface area contributed by atoms with Crippen LogP contribution in [0.15, 0.2) is 24.3 Å². The van der Waals surface area contributed by atoms with Crippen molar-refractivity contribution in [3.63, 3.8) is 0 Å². The number of halogens is 1. The Morgan fingerprint density at radius 2 is 2.05 bits per heavy atom. The first kappa shape index (κ1) is 16.9. The third kappa shape index (κ3) is 5.07. The van der Waals surface area contributed by atoms with Crippen LogP contribution in [-0.4, -0.2) is 17.2 Å². The summed E-state index contributed by atoms with van der Waals surface area (Å²) in [6.45, 7) is 5.59. The molecule has 3 nitrogen and oxygen atoms in total. The molecule has 0 radical (unpaired) electrons. The summed E-state index contributed by atoms with van der Waals surface area (Å²) in [5, 5.41) is 12.7. The van der Waals surface area contributed by atoms with Crippen molar-refractivity contribution in [2.75, 3.05) is 5.75 Å². The summed E-state index contributed by atoms with van der Waals surface area (Å²) in [7, 11) is 0. The quantitative estimate of drug-likeness (QED) is 0.873. The van der Waals surface area contributed by atoms with Gasteiger partial charge >= 0.3 is 0 Å². The molecule has 0 fully saturated rings. The van der Waals surface area contributed by atoms with Crippen LogP contribution in [0.4, 0.5) is 0 Å². The topological polar surface area (TPSA) is 52.9 Å². The molecule has 0 saturated heterocycles. The standard InChI is InChI=1S/C15H19ClN2OS/c1-11(2)15(3,10-17)18-14(19)9-20-8-12-4-6-13(16)7-5-12/h4-7,11H,8-9H2,1-3H3,(H,18,19)/t15-/m0/s1. The molecule has 0 aliphatic carbocycles. The Bertz CT molecular complexity index is 496. The van der Waals surface area contributed by atoms with Gasteiger partial charge in [-0.25, -0.2) is 0 Å². The lowest BCUT2D eigenvalue weighted by Crippen LogP contribution is -2.49. The van der Waals surface area contributed by atoms with Gasteiger partial charge in [0.15, 0.2) is 0 Å². The number of hydrogen-bond donors (Lipinski definition) is 1. The second kappa shape index (κ2) is 7.56. The maximum Gasteiger partial charge on any atom is 0.231 e. The number of carbonyl (C=O) groups is 1. The lowest BCUT2D eigenvalue weighted by molar-refractivity contribution is -0.120. The molecule has 1 rings (SSSR count). The van der Waals surface area contributed by atoms with Gasteiger partial charge in [-0.05, 0) is 30.5 Å². The zero-order valence-corrected chi connectivity index (χ0v) is 13.5. The molecule has 0 aliphatic heterocycles. The van der Waals surface area contributed by atoms with Crippen LogP contribution in [0.25, 0.3) is 0 Å². The molecule has 0 aliphatic rings. The highest BCUT2D eigenvalue weighted by Crippen LogP contribution is 2.17. The predicted octanol–water partition coefficient (Wildman–Crippen LogP) is 3.63. The van der Waals surface area contributed by atoms with Crippen LogP contribution in [0.2, 0.25) is 5.02 Å². The number of amides is 1. The first-order valence-electron chi connectivity index (χ1n) is 6.42. The van der Waals surface area contributed by atoms with Crippen LogP contribution < -0.4 is 5.32 Å². The Balaban J connectivity index is 2.41. The lowest BCUT2D eigenvalue weighted by Gasteiger charge is -2.27. The number of nitrogens with zero attached hydrogens (tertiary/aromatic N) is 1. The van der Waals surface area contributed by atoms with Gasteiger partial charge in [-0.15, -0.1) is 11.8 Å². The summed E-state index contributed by atoms with van der Waals surface area (Å²) in [5.41, 5.74) is 0.317. The van der Waals surface area contributed by atoms with E-state index in [1.807, 2.05) is 38.1 Å². The Morgan fingerprint density at radius 1 is 1.45 bits per heavy atom. The van der Waals surface area contributed by atoms with Crippen LogP contribution >= 0.6 is 23.4 Å². The highest BCUT2D eigenvalue weighted by atomic mass is 35.5. The smallest absolute Gasteiger partial charge is 0.231 e. The zero-order valence-electron chi connectivity index (χ0n) is 11.9. The molecule has 108 valence electrons. The van der Waals surface area contributed by atoms with E-state index in [9.17, 15) is 4.79 Å². The summed E-state index contributed by atoms with van der Waals surface area (Å²) >= 11 is 7.33. The number of hydrogen-bond acceptors (Lipinski definition) is 3. The molecule has 0 unspecified atom stereocenters. The van der Waals surface area contributed by atoms with Crippen molar-refractivity contribution in [1.82, 2.24) is 5.32 Å². The van der Waals surface area contributed by atoms with Crippen LogP contribution in [-0.2, 0) is 10.5 Å². The van der Waals surface area contributed by atoms with Gasteiger partial charge in [0, 0.05) is 10.8 Å². The summed E-state index contributed by atoms with van der Waals surface area (Å²) in [6.07, 6.45) is 0. The largest absolute Gasteiger partial charge is 0.337 e. The van der Waals surface area contributed by atoms with Gasteiger partial charge in [-0.2, -0.15) is 5.26 Å². The Labute approximate surface area is 129 Å². The van der Waals surface area contributed by atoms with E-state index < -0.39 is 5.54 Å². The van der Waals surface area contributed by atoms with Crippen molar-refractivity contribution in [2.24, 2.45) is 5.92 Å². The average Bonchev–Trinajstić information content (AvgIpc) is 2.40. The Kier molecular flexibility index (Phi) is 6.38. The molecule has 1 aromatic carbocycles. The molecule has 1 atom stereocenters. The van der Waals surface area contributed by atoms with E-state index >= 15 is 0 Å². The second-order valence-corrected chi connectivity index (χ2v) is 6.56. The van der Waals surface area contributed by atoms with Crippen molar-refractivity contribution in [3.8, 4) is 6.07 Å². The molecule has 0 spiro atoms. The zero-order chi connectivity index (χ0) is 15.2. The van der Waals surface area contributed by atoms with Gasteiger partial charge in [-0.1, -0.05) is 37.6 Å². The van der Waals surface area contributed by atoms with Gasteiger partial charge in [0.25, 0.3) is 0 Å². The number of benzene rings is 1. The van der Waals surface area contributed by atoms with Crippen LogP contribution in [0.3, 0.4) is 0 Å². The fourth-order valence-electron chi connectivity index (χ4n) is 1.47. The molecular formula is C15H19ClN2OS. The monoisotopic (exact) mass is 310 g/mol. The molecule has 20 heavy (non-hydrogen) atoms. The number of nitrogens with one attached hydrogen (secondary N) is 1. The van der Waals surface area contributed by atoms with Crippen molar-refractivity contribution in [2.45, 2.75) is 32.1 Å². The van der Waals surface area contributed by atoms with E-state index in [-0.39, 0.29) is 11.8 Å². The minimum atomic E-state index is -0.808. The SMILES string of the molecule is CC(C)[C@](C)(C#N)NC(=O)CSCc1ccc(Cl)cc1. The predicted molar refractivity (Wildman–Crippen MR) is 84.6 cm³/mol. The van der Waals surface area contributed by atoms with Crippen LogP contribution in [0.1, 0.15) is 26.3 Å². The maximum absolute atomic E-state index is 11.9. The second-order valence-electron chi connectivity index (χ2n) is 5.14. The van der Waals surface area contributed by atoms with Crippen molar-refractivity contribution < 1.29 is 4.79 Å². The molecule has 0 heterocycles. The molecule has 0 saturated carbocycles. The van der Waals surface area contributed by atoms with Gasteiger partial charge in [0.2, 0.25) is 5.91 Å². The minimum absolute atomic E-state index is 0.0673. The van der Waals surface area contributed by atoms with Gasteiger partial charge in [0.1, 0.15) is 5.54 Å². The third-order valence-corrected chi connectivity index (χ3v) is 4.46. The first-order valence-corrected chi connectivity index (χ1v) is 7.95. The molecule has 5 heteroatoms. The minimum Gasteiger partial charge on any atom is -0.337 e. The van der Waals surface area contributed by atoms with Gasteiger partial charge < -0.3 is 5.32 Å². The molecule has 0 aromatic heterocycles. The molecule has 1 amide bonds. The van der Waals surface area contributed by atoms with Gasteiger partial charge in [0.05, 0.1) is 11.8 Å². The fraction of sp³-hybridized carbons (Fsp3) is 0.467. The van der Waals surface area contributed by atoms with Crippen LogP contribution in [0, 0.1) is 17.2 Å². The molecule has 0 bridgehead atoms. The summed E-state index contributed by atoms with van der Waals surface area (Å²) < 4.78 is 0. The van der Waals surface area contributed by atoms with Crippen molar-refractivity contribution in [3.05, 3.63) is 34.9 Å².